The Morgan fingerprint density at radius 1 is 1.19 bits per heavy atom. The third kappa shape index (κ3) is 4.76. The summed E-state index contributed by atoms with van der Waals surface area (Å²) in [6.07, 6.45) is 2.77. The lowest BCUT2D eigenvalue weighted by Crippen LogP contribution is -2.00. The summed E-state index contributed by atoms with van der Waals surface area (Å²) in [5.74, 6) is 1.42. The summed E-state index contributed by atoms with van der Waals surface area (Å²) >= 11 is 3.12. The largest absolute Gasteiger partial charge is 0.490 e. The zero-order valence-electron chi connectivity index (χ0n) is 15.3. The van der Waals surface area contributed by atoms with E-state index in [4.69, 9.17) is 9.47 Å². The molecule has 0 bridgehead atoms. The number of nitriles is 1. The first-order valence-electron chi connectivity index (χ1n) is 8.76. The Balaban J connectivity index is 1.89. The summed E-state index contributed by atoms with van der Waals surface area (Å²) in [7, 11) is 0. The zero-order valence-corrected chi connectivity index (χ0v) is 16.9. The smallest absolute Gasteiger partial charge is 0.161 e. The van der Waals surface area contributed by atoms with Crippen LogP contribution in [-0.2, 0) is 0 Å². The van der Waals surface area contributed by atoms with Gasteiger partial charge in [0.25, 0.3) is 0 Å². The van der Waals surface area contributed by atoms with E-state index < -0.39 is 0 Å². The molecule has 0 unspecified atom stereocenters. The molecule has 2 heterocycles. The third-order valence-electron chi connectivity index (χ3n) is 3.67. The molecule has 0 fully saturated rings. The quantitative estimate of drug-likeness (QED) is 0.430. The first-order valence-corrected chi connectivity index (χ1v) is 10.5. The van der Waals surface area contributed by atoms with Crippen molar-refractivity contribution < 1.29 is 9.47 Å². The fraction of sp³-hybridized carbons (Fsp3) is 0.238. The van der Waals surface area contributed by atoms with Gasteiger partial charge in [-0.2, -0.15) is 5.26 Å². The molecule has 3 aromatic rings. The fourth-order valence-corrected chi connectivity index (χ4v) is 4.00. The molecular formula is C21H20N2O2S2. The molecule has 1 aromatic carbocycles. The van der Waals surface area contributed by atoms with E-state index in [1.807, 2.05) is 54.1 Å². The fourth-order valence-electron chi connectivity index (χ4n) is 2.46. The second kappa shape index (κ2) is 9.36. The summed E-state index contributed by atoms with van der Waals surface area (Å²) in [4.78, 5) is 5.72. The molecule has 0 N–H and O–H groups in total. The molecule has 138 valence electrons. The van der Waals surface area contributed by atoms with Gasteiger partial charge in [0.1, 0.15) is 11.1 Å². The van der Waals surface area contributed by atoms with E-state index in [9.17, 15) is 5.26 Å². The number of benzene rings is 1. The normalized spacial score (nSPS) is 11.2. The van der Waals surface area contributed by atoms with Crippen LogP contribution in [0.4, 0.5) is 0 Å². The summed E-state index contributed by atoms with van der Waals surface area (Å²) < 4.78 is 11.4. The molecule has 0 aliphatic rings. The van der Waals surface area contributed by atoms with Gasteiger partial charge >= 0.3 is 0 Å². The first-order chi connectivity index (χ1) is 13.2. The number of thiazole rings is 1. The van der Waals surface area contributed by atoms with Crippen LogP contribution in [0, 0.1) is 11.3 Å². The SMILES string of the molecule is CCCOc1ccc(/C=C(/C#N)c2nc(-c3cccs3)cs2)cc1OCC. The second-order valence-corrected chi connectivity index (χ2v) is 7.48. The minimum absolute atomic E-state index is 0.535. The lowest BCUT2D eigenvalue weighted by molar-refractivity contribution is 0.277. The Morgan fingerprint density at radius 3 is 2.78 bits per heavy atom. The number of ether oxygens (including phenoxy) is 2. The van der Waals surface area contributed by atoms with E-state index in [0.717, 1.165) is 28.3 Å². The van der Waals surface area contributed by atoms with Crippen molar-refractivity contribution in [2.45, 2.75) is 20.3 Å². The lowest BCUT2D eigenvalue weighted by Gasteiger charge is -2.12. The Hall–Kier alpha value is -2.62. The topological polar surface area (TPSA) is 55.1 Å². The first kappa shape index (κ1) is 19.2. The van der Waals surface area contributed by atoms with Gasteiger partial charge < -0.3 is 9.47 Å². The van der Waals surface area contributed by atoms with Gasteiger partial charge in [0.2, 0.25) is 0 Å². The highest BCUT2D eigenvalue weighted by Gasteiger charge is 2.11. The molecule has 2 aromatic heterocycles. The van der Waals surface area contributed by atoms with Crippen LogP contribution in [-0.4, -0.2) is 18.2 Å². The molecule has 4 nitrogen and oxygen atoms in total. The van der Waals surface area contributed by atoms with Crippen molar-refractivity contribution in [3.63, 3.8) is 0 Å². The highest BCUT2D eigenvalue weighted by atomic mass is 32.1. The maximum Gasteiger partial charge on any atom is 0.161 e. The van der Waals surface area contributed by atoms with Crippen molar-refractivity contribution in [3.8, 4) is 28.1 Å². The van der Waals surface area contributed by atoms with Crippen molar-refractivity contribution in [1.29, 1.82) is 5.26 Å². The summed E-state index contributed by atoms with van der Waals surface area (Å²) in [5, 5.41) is 14.3. The predicted octanol–water partition coefficient (Wildman–Crippen LogP) is 6.12. The van der Waals surface area contributed by atoms with E-state index in [1.54, 1.807) is 11.3 Å². The number of aromatic nitrogens is 1. The van der Waals surface area contributed by atoms with Crippen LogP contribution in [0.2, 0.25) is 0 Å². The van der Waals surface area contributed by atoms with E-state index in [1.165, 1.54) is 11.3 Å². The Bertz CT molecular complexity index is 953. The average Bonchev–Trinajstić information content (AvgIpc) is 3.37. The van der Waals surface area contributed by atoms with Crippen molar-refractivity contribution in [2.75, 3.05) is 13.2 Å². The molecule has 0 radical (unpaired) electrons. The van der Waals surface area contributed by atoms with Crippen LogP contribution in [0.1, 0.15) is 30.8 Å². The van der Waals surface area contributed by atoms with Gasteiger partial charge in [0.05, 0.1) is 29.4 Å². The maximum atomic E-state index is 9.62. The Morgan fingerprint density at radius 2 is 2.07 bits per heavy atom. The number of hydrogen-bond acceptors (Lipinski definition) is 6. The Kier molecular flexibility index (Phi) is 6.64. The van der Waals surface area contributed by atoms with Crippen molar-refractivity contribution in [1.82, 2.24) is 4.98 Å². The summed E-state index contributed by atoms with van der Waals surface area (Å²) in [5.41, 5.74) is 2.32. The molecule has 0 atom stereocenters. The number of allylic oxidation sites excluding steroid dienone is 1. The van der Waals surface area contributed by atoms with Crippen molar-refractivity contribution >= 4 is 34.3 Å². The van der Waals surface area contributed by atoms with Gasteiger partial charge in [-0.25, -0.2) is 4.98 Å². The van der Waals surface area contributed by atoms with E-state index in [2.05, 4.69) is 18.0 Å². The van der Waals surface area contributed by atoms with Gasteiger partial charge in [-0.15, -0.1) is 22.7 Å². The number of thiophene rings is 1. The summed E-state index contributed by atoms with van der Waals surface area (Å²) in [6.45, 7) is 5.20. The molecule has 0 saturated carbocycles. The van der Waals surface area contributed by atoms with Gasteiger partial charge in [-0.05, 0) is 48.6 Å². The monoisotopic (exact) mass is 396 g/mol. The van der Waals surface area contributed by atoms with Crippen molar-refractivity contribution in [3.05, 3.63) is 51.7 Å². The molecule has 3 rings (SSSR count). The molecule has 0 aliphatic carbocycles. The Labute approximate surface area is 167 Å². The number of rotatable bonds is 8. The van der Waals surface area contributed by atoms with Gasteiger partial charge in [-0.1, -0.05) is 19.1 Å². The van der Waals surface area contributed by atoms with Crippen LogP contribution in [0.3, 0.4) is 0 Å². The number of hydrogen-bond donors (Lipinski definition) is 0. The lowest BCUT2D eigenvalue weighted by atomic mass is 10.1. The second-order valence-electron chi connectivity index (χ2n) is 5.67. The molecule has 0 saturated heterocycles. The van der Waals surface area contributed by atoms with Crippen LogP contribution < -0.4 is 9.47 Å². The minimum Gasteiger partial charge on any atom is -0.490 e. The summed E-state index contributed by atoms with van der Waals surface area (Å²) in [6, 6.07) is 12.0. The third-order valence-corrected chi connectivity index (χ3v) is 5.44. The minimum atomic E-state index is 0.535. The molecule has 0 spiro atoms. The molecule has 0 amide bonds. The van der Waals surface area contributed by atoms with Gasteiger partial charge in [0.15, 0.2) is 11.5 Å². The van der Waals surface area contributed by atoms with E-state index in [0.29, 0.717) is 29.5 Å². The standard InChI is InChI=1S/C21H20N2O2S2/c1-3-9-25-18-8-7-15(12-19(18)24-4-2)11-16(13-22)21-23-17(14-27-21)20-6-5-10-26-20/h5-8,10-12,14H,3-4,9H2,1-2H3/b16-11-. The highest BCUT2D eigenvalue weighted by Crippen LogP contribution is 2.32. The van der Waals surface area contributed by atoms with E-state index >= 15 is 0 Å². The van der Waals surface area contributed by atoms with Gasteiger partial charge in [0, 0.05) is 5.38 Å². The van der Waals surface area contributed by atoms with E-state index in [-0.39, 0.29) is 0 Å². The van der Waals surface area contributed by atoms with Crippen LogP contribution in [0.15, 0.2) is 41.1 Å². The zero-order chi connectivity index (χ0) is 19.1. The van der Waals surface area contributed by atoms with Crippen LogP contribution in [0.5, 0.6) is 11.5 Å². The van der Waals surface area contributed by atoms with Crippen molar-refractivity contribution in [2.24, 2.45) is 0 Å². The predicted molar refractivity (Wildman–Crippen MR) is 112 cm³/mol. The molecule has 6 heteroatoms. The number of nitrogens with zero attached hydrogens (tertiary/aromatic N) is 2. The average molecular weight is 397 g/mol. The van der Waals surface area contributed by atoms with Crippen LogP contribution in [0.25, 0.3) is 22.2 Å². The molecule has 0 aliphatic heterocycles. The highest BCUT2D eigenvalue weighted by molar-refractivity contribution is 7.14. The molecule has 27 heavy (non-hydrogen) atoms. The molecular weight excluding hydrogens is 376 g/mol. The van der Waals surface area contributed by atoms with Crippen LogP contribution >= 0.6 is 22.7 Å². The van der Waals surface area contributed by atoms with Gasteiger partial charge in [-0.3, -0.25) is 0 Å². The maximum absolute atomic E-state index is 9.62.